The fourth-order valence-corrected chi connectivity index (χ4v) is 5.48. The number of rotatable bonds is 14. The molecule has 1 aliphatic rings. The topological polar surface area (TPSA) is 202 Å². The summed E-state index contributed by atoms with van der Waals surface area (Å²) in [6.07, 6.45) is 4.72. The Morgan fingerprint density at radius 2 is 1.63 bits per heavy atom. The quantitative estimate of drug-likeness (QED) is 0.116. The third-order valence-corrected chi connectivity index (χ3v) is 8.14. The number of nitrogens with zero attached hydrogens (tertiary/aromatic N) is 3. The zero-order valence-electron chi connectivity index (χ0n) is 28.5. The van der Waals surface area contributed by atoms with Gasteiger partial charge in [0.1, 0.15) is 18.2 Å². The molecule has 15 heteroatoms. The molecule has 272 valence electrons. The normalized spacial score (nSPS) is 13.2. The second-order valence-electron chi connectivity index (χ2n) is 11.6. The number of amides is 2. The predicted molar refractivity (Wildman–Crippen MR) is 188 cm³/mol. The highest BCUT2D eigenvalue weighted by Crippen LogP contribution is 2.37. The number of anilines is 1. The van der Waals surface area contributed by atoms with E-state index < -0.39 is 11.9 Å². The van der Waals surface area contributed by atoms with Gasteiger partial charge in [0.15, 0.2) is 11.5 Å². The number of pyridine rings is 1. The van der Waals surface area contributed by atoms with Gasteiger partial charge >= 0.3 is 18.0 Å². The molecule has 51 heavy (non-hydrogen) atoms. The predicted octanol–water partition coefficient (Wildman–Crippen LogP) is 4.40. The van der Waals surface area contributed by atoms with E-state index in [4.69, 9.17) is 29.5 Å². The van der Waals surface area contributed by atoms with Crippen LogP contribution in [0.25, 0.3) is 10.9 Å². The minimum atomic E-state index is -1.08. The smallest absolute Gasteiger partial charge is 0.325 e. The summed E-state index contributed by atoms with van der Waals surface area (Å²) in [5, 5.41) is 31.2. The van der Waals surface area contributed by atoms with Crippen molar-refractivity contribution in [3.8, 4) is 17.2 Å². The molecular formula is C36H43N5O10. The number of aliphatic carboxylic acids is 2. The first kappa shape index (κ1) is 38.3. The number of ether oxygens (including phenoxy) is 3. The highest BCUT2D eigenvalue weighted by atomic mass is 16.5. The third-order valence-electron chi connectivity index (χ3n) is 8.14. The standard InChI is InChI=1S/C32H37N5O6.C4H6O4/c1-33-32(40)37-14-10-25-19-29(28(21-27(25)37)42-18-17-41-2)43-26-7-11-34-30(20-26)35-31(39)24-5-3-22(4-6-24)23-8-12-36(13-9-23)15-16-38;5-3(6)1-2-4(7)8/h3-7,10-11,14,19-21,23,38H,8-9,12-13,15-18H2,1-2H3,(H,33,40)(H,34,35,39);1-2H2,(H,5,6)(H,7,8). The molecule has 2 aromatic carbocycles. The number of methoxy groups -OCH3 is 1. The molecule has 4 aromatic rings. The number of hydrogen-bond donors (Lipinski definition) is 5. The van der Waals surface area contributed by atoms with Gasteiger partial charge in [-0.2, -0.15) is 0 Å². The van der Waals surface area contributed by atoms with Crippen LogP contribution >= 0.6 is 0 Å². The maximum absolute atomic E-state index is 13.0. The summed E-state index contributed by atoms with van der Waals surface area (Å²) in [5.41, 5.74) is 2.43. The lowest BCUT2D eigenvalue weighted by atomic mass is 9.89. The third kappa shape index (κ3) is 11.3. The molecule has 0 spiro atoms. The number of benzene rings is 2. The second-order valence-corrected chi connectivity index (χ2v) is 11.6. The Bertz CT molecular complexity index is 1770. The van der Waals surface area contributed by atoms with Crippen LogP contribution < -0.4 is 20.1 Å². The highest BCUT2D eigenvalue weighted by molar-refractivity contribution is 6.03. The molecule has 1 fully saturated rings. The van der Waals surface area contributed by atoms with Crippen molar-refractivity contribution in [2.45, 2.75) is 31.6 Å². The van der Waals surface area contributed by atoms with E-state index in [-0.39, 0.29) is 31.4 Å². The summed E-state index contributed by atoms with van der Waals surface area (Å²) in [4.78, 5) is 51.2. The van der Waals surface area contributed by atoms with E-state index in [1.807, 2.05) is 30.3 Å². The van der Waals surface area contributed by atoms with Gasteiger partial charge in [0.2, 0.25) is 0 Å². The fraction of sp³-hybridized carbons (Fsp3) is 0.361. The number of fused-ring (bicyclic) bond motifs is 1. The number of β-amino-alcohol motifs (C(OH)–C–C–N with tert-alkyl or cyclic N) is 1. The number of carbonyl (C=O) groups is 4. The van der Waals surface area contributed by atoms with Crippen LogP contribution in [0.15, 0.2) is 67.0 Å². The Kier molecular flexibility index (Phi) is 14.3. The van der Waals surface area contributed by atoms with Crippen molar-refractivity contribution in [2.24, 2.45) is 0 Å². The molecule has 15 nitrogen and oxygen atoms in total. The van der Waals surface area contributed by atoms with Crippen LogP contribution in [0.4, 0.5) is 10.6 Å². The van der Waals surface area contributed by atoms with E-state index in [9.17, 15) is 19.2 Å². The van der Waals surface area contributed by atoms with Gasteiger partial charge in [0, 0.05) is 56.2 Å². The van der Waals surface area contributed by atoms with Gasteiger partial charge < -0.3 is 45.1 Å². The van der Waals surface area contributed by atoms with E-state index in [0.29, 0.717) is 53.3 Å². The summed E-state index contributed by atoms with van der Waals surface area (Å²) in [6.45, 7) is 3.51. The zero-order valence-corrected chi connectivity index (χ0v) is 28.5. The van der Waals surface area contributed by atoms with Gasteiger partial charge in [-0.15, -0.1) is 0 Å². The van der Waals surface area contributed by atoms with Gasteiger partial charge in [-0.25, -0.2) is 9.78 Å². The highest BCUT2D eigenvalue weighted by Gasteiger charge is 2.21. The molecule has 3 heterocycles. The van der Waals surface area contributed by atoms with Crippen LogP contribution in [0.5, 0.6) is 17.2 Å². The minimum absolute atomic E-state index is 0.188. The number of hydrogen-bond acceptors (Lipinski definition) is 10. The fourth-order valence-electron chi connectivity index (χ4n) is 5.48. The molecule has 2 amide bonds. The summed E-state index contributed by atoms with van der Waals surface area (Å²) < 4.78 is 18.7. The number of carboxylic acids is 2. The Labute approximate surface area is 294 Å². The summed E-state index contributed by atoms with van der Waals surface area (Å²) in [6, 6.07) is 16.2. The van der Waals surface area contributed by atoms with Crippen LogP contribution in [0.1, 0.15) is 47.5 Å². The molecule has 5 N–H and O–H groups in total. The first-order valence-corrected chi connectivity index (χ1v) is 16.4. The molecule has 2 aromatic heterocycles. The zero-order chi connectivity index (χ0) is 36.8. The van der Waals surface area contributed by atoms with Crippen molar-refractivity contribution in [1.82, 2.24) is 19.8 Å². The van der Waals surface area contributed by atoms with Crippen LogP contribution in [0.2, 0.25) is 0 Å². The molecule has 0 bridgehead atoms. The Hall–Kier alpha value is -5.51. The number of carbonyl (C=O) groups excluding carboxylic acids is 2. The van der Waals surface area contributed by atoms with Crippen LogP contribution in [0.3, 0.4) is 0 Å². The lowest BCUT2D eigenvalue weighted by molar-refractivity contribution is -0.143. The lowest BCUT2D eigenvalue weighted by Crippen LogP contribution is -2.34. The number of piperidine rings is 1. The molecule has 0 unspecified atom stereocenters. The summed E-state index contributed by atoms with van der Waals surface area (Å²) in [7, 11) is 3.16. The van der Waals surface area contributed by atoms with Gasteiger partial charge in [0.25, 0.3) is 5.91 Å². The van der Waals surface area contributed by atoms with E-state index in [0.717, 1.165) is 37.9 Å². The maximum atomic E-state index is 13.0. The van der Waals surface area contributed by atoms with Gasteiger partial charge in [-0.05, 0) is 67.7 Å². The van der Waals surface area contributed by atoms with Crippen LogP contribution in [0, 0.1) is 0 Å². The maximum Gasteiger partial charge on any atom is 0.325 e. The summed E-state index contributed by atoms with van der Waals surface area (Å²) >= 11 is 0. The van der Waals surface area contributed by atoms with Crippen molar-refractivity contribution >= 4 is 40.6 Å². The Morgan fingerprint density at radius 3 is 2.25 bits per heavy atom. The summed E-state index contributed by atoms with van der Waals surface area (Å²) in [5.74, 6) is -0.289. The van der Waals surface area contributed by atoms with Gasteiger partial charge in [0.05, 0.1) is 31.6 Å². The van der Waals surface area contributed by atoms with Crippen molar-refractivity contribution in [1.29, 1.82) is 0 Å². The lowest BCUT2D eigenvalue weighted by Gasteiger charge is -2.31. The van der Waals surface area contributed by atoms with Crippen LogP contribution in [-0.4, -0.2) is 107 Å². The largest absolute Gasteiger partial charge is 0.487 e. The first-order valence-electron chi connectivity index (χ1n) is 16.4. The van der Waals surface area contributed by atoms with Crippen molar-refractivity contribution in [3.63, 3.8) is 0 Å². The van der Waals surface area contributed by atoms with Crippen LogP contribution in [-0.2, 0) is 14.3 Å². The number of aliphatic hydroxyl groups is 1. The van der Waals surface area contributed by atoms with E-state index >= 15 is 0 Å². The van der Waals surface area contributed by atoms with Crippen molar-refractivity contribution in [2.75, 3.05) is 58.9 Å². The Balaban J connectivity index is 0.000000652. The number of aliphatic hydroxyl groups excluding tert-OH is 1. The molecule has 1 saturated heterocycles. The molecule has 0 saturated carbocycles. The molecule has 0 atom stereocenters. The van der Waals surface area contributed by atoms with Gasteiger partial charge in [-0.3, -0.25) is 19.0 Å². The molecule has 5 rings (SSSR count). The monoisotopic (exact) mass is 705 g/mol. The SMILES string of the molecule is CNC(=O)n1ccc2cc(Oc3ccnc(NC(=O)c4ccc(C5CCN(CCO)CC5)cc4)c3)c(OCCOC)cc21.O=C(O)CCC(=O)O. The van der Waals surface area contributed by atoms with Crippen molar-refractivity contribution in [3.05, 3.63) is 78.1 Å². The van der Waals surface area contributed by atoms with E-state index in [2.05, 4.69) is 20.5 Å². The number of carboxylic acid groups (broad SMARTS) is 2. The van der Waals surface area contributed by atoms with Gasteiger partial charge in [-0.1, -0.05) is 12.1 Å². The van der Waals surface area contributed by atoms with E-state index in [1.54, 1.807) is 50.8 Å². The molecule has 0 aliphatic carbocycles. The van der Waals surface area contributed by atoms with Crippen molar-refractivity contribution < 1.29 is 48.7 Å². The first-order chi connectivity index (χ1) is 24.6. The number of aromatic nitrogens is 2. The number of likely N-dealkylation sites (tertiary alicyclic amines) is 1. The second kappa shape index (κ2) is 19.0. The number of nitrogens with one attached hydrogen (secondary N) is 2. The minimum Gasteiger partial charge on any atom is -0.487 e. The average molecular weight is 706 g/mol. The average Bonchev–Trinajstić information content (AvgIpc) is 3.54. The van der Waals surface area contributed by atoms with E-state index in [1.165, 1.54) is 10.1 Å². The molecular weight excluding hydrogens is 662 g/mol. The Morgan fingerprint density at radius 1 is 0.922 bits per heavy atom. The molecule has 1 aliphatic heterocycles. The molecule has 0 radical (unpaired) electrons.